The van der Waals surface area contributed by atoms with Crippen LogP contribution in [0, 0.1) is 11.8 Å². The average molecular weight is 1170 g/mol. The molecule has 0 radical (unpaired) electrons. The molecular formula is C57H81N13O10S2. The first-order chi connectivity index (χ1) is 38.6. The predicted molar refractivity (Wildman–Crippen MR) is 318 cm³/mol. The number of fused-ring (bicyclic) bond motifs is 2. The van der Waals surface area contributed by atoms with Crippen LogP contribution in [0.2, 0.25) is 0 Å². The summed E-state index contributed by atoms with van der Waals surface area (Å²) in [4.78, 5) is 39.2. The van der Waals surface area contributed by atoms with E-state index < -0.39 is 26.6 Å². The number of amides is 1. The quantitative estimate of drug-likeness (QED) is 0.0286. The number of allylic oxidation sites excluding steroid dienone is 2. The van der Waals surface area contributed by atoms with E-state index >= 15 is 0 Å². The summed E-state index contributed by atoms with van der Waals surface area (Å²) in [5.74, 6) is 2.97. The molecule has 1 amide bonds. The molecule has 6 aromatic rings. The minimum atomic E-state index is -4.67. The first-order valence-corrected chi connectivity index (χ1v) is 30.8. The Morgan fingerprint density at radius 2 is 1.04 bits per heavy atom. The van der Waals surface area contributed by atoms with E-state index in [1.54, 1.807) is 12.7 Å². The molecule has 4 aliphatic rings. The molecule has 4 atom stereocenters. The van der Waals surface area contributed by atoms with Gasteiger partial charge in [0.25, 0.3) is 0 Å². The molecule has 0 bridgehead atoms. The van der Waals surface area contributed by atoms with Gasteiger partial charge in [0, 0.05) is 37.1 Å². The van der Waals surface area contributed by atoms with Crippen molar-refractivity contribution in [3.05, 3.63) is 101 Å². The molecule has 23 nitrogen and oxygen atoms in total. The summed E-state index contributed by atoms with van der Waals surface area (Å²) in [7, 11) is -9.02. The molecule has 2 fully saturated rings. The van der Waals surface area contributed by atoms with Gasteiger partial charge < -0.3 is 45.6 Å². The van der Waals surface area contributed by atoms with Crippen LogP contribution in [0.1, 0.15) is 183 Å². The van der Waals surface area contributed by atoms with E-state index in [1.165, 1.54) is 5.56 Å². The van der Waals surface area contributed by atoms with Crippen LogP contribution in [0.25, 0.3) is 22.3 Å². The Balaban J connectivity index is 0.000000177. The number of hydrogen-bond acceptors (Lipinski definition) is 18. The Hall–Kier alpha value is -6.77. The number of aromatic nitrogens is 8. The van der Waals surface area contributed by atoms with Crippen molar-refractivity contribution >= 4 is 72.5 Å². The van der Waals surface area contributed by atoms with Crippen LogP contribution < -0.4 is 31.0 Å². The van der Waals surface area contributed by atoms with Gasteiger partial charge in [-0.25, -0.2) is 14.7 Å². The second-order valence-electron chi connectivity index (χ2n) is 23.0. The normalized spacial score (nSPS) is 18.7. The molecular weight excluding hydrogens is 1090 g/mol. The van der Waals surface area contributed by atoms with E-state index in [0.717, 1.165) is 100 Å². The van der Waals surface area contributed by atoms with Crippen LogP contribution in [-0.4, -0.2) is 106 Å². The van der Waals surface area contributed by atoms with Crippen LogP contribution in [0.5, 0.6) is 5.75 Å². The maximum atomic E-state index is 13.1. The molecule has 446 valence electrons. The Bertz CT molecular complexity index is 3310. The minimum absolute atomic E-state index is 0.0230. The van der Waals surface area contributed by atoms with Crippen LogP contribution in [0.3, 0.4) is 0 Å². The number of nitrogen functional groups attached to an aromatic ring is 2. The van der Waals surface area contributed by atoms with Crippen molar-refractivity contribution in [2.24, 2.45) is 11.8 Å². The number of nitrogens with two attached hydrogens (primary N) is 2. The number of anilines is 4. The van der Waals surface area contributed by atoms with Crippen molar-refractivity contribution in [3.63, 3.8) is 0 Å². The zero-order chi connectivity index (χ0) is 60.0. The van der Waals surface area contributed by atoms with Crippen molar-refractivity contribution in [2.45, 2.75) is 168 Å². The molecule has 2 aromatic carbocycles. The molecule has 82 heavy (non-hydrogen) atoms. The van der Waals surface area contributed by atoms with Crippen molar-refractivity contribution in [1.29, 1.82) is 0 Å². The number of benzene rings is 2. The van der Waals surface area contributed by atoms with Gasteiger partial charge in [0.05, 0.1) is 31.2 Å². The number of imidazole rings is 2. The molecule has 10 rings (SSSR count). The molecule has 4 aliphatic carbocycles. The summed E-state index contributed by atoms with van der Waals surface area (Å²) in [5.41, 5.74) is 20.6. The number of rotatable bonds is 18. The highest BCUT2D eigenvalue weighted by Crippen LogP contribution is 2.38. The highest BCUT2D eigenvalue weighted by atomic mass is 32.3. The highest BCUT2D eigenvalue weighted by molar-refractivity contribution is 7.85. The van der Waals surface area contributed by atoms with E-state index in [0.29, 0.717) is 23.8 Å². The molecule has 4 aromatic heterocycles. The van der Waals surface area contributed by atoms with Crippen molar-refractivity contribution in [2.75, 3.05) is 35.3 Å². The van der Waals surface area contributed by atoms with Crippen LogP contribution in [-0.2, 0) is 31.9 Å². The Morgan fingerprint density at radius 1 is 0.634 bits per heavy atom. The third-order valence-corrected chi connectivity index (χ3v) is 15.4. The zero-order valence-corrected chi connectivity index (χ0v) is 50.0. The van der Waals surface area contributed by atoms with Gasteiger partial charge in [-0.15, -0.1) is 0 Å². The van der Waals surface area contributed by atoms with Crippen LogP contribution >= 0.6 is 0 Å². The van der Waals surface area contributed by atoms with Gasteiger partial charge in [0.1, 0.15) is 0 Å². The minimum Gasteiger partial charge on any atom is -0.396 e. The molecule has 0 spiro atoms. The van der Waals surface area contributed by atoms with Crippen molar-refractivity contribution in [3.8, 4) is 5.75 Å². The van der Waals surface area contributed by atoms with Gasteiger partial charge in [0.2, 0.25) is 17.8 Å². The Labute approximate surface area is 480 Å². The second-order valence-corrected chi connectivity index (χ2v) is 25.2. The van der Waals surface area contributed by atoms with Gasteiger partial charge in [-0.3, -0.25) is 13.9 Å². The fourth-order valence-corrected chi connectivity index (χ4v) is 10.7. The third-order valence-electron chi connectivity index (χ3n) is 14.5. The number of carbonyl (C=O) groups excluding carboxylic acids is 1. The molecule has 4 heterocycles. The van der Waals surface area contributed by atoms with E-state index in [4.69, 9.17) is 33.2 Å². The number of carbonyl (C=O) groups is 1. The standard InChI is InChI=1S/C29H43NO4S.2C14H18N6O.H2O4S/c1-17(2)22-14-25(20(7)8)27(26(15-22)21(9)10)16-28(31)30-35(32,33)34-29-23(18(3)4)12-11-13-24(29)19(5)6;2*15-14-18-12(17-9-2-3-9)11-13(19-14)20(7-16-11)10-4-1-8(5-10)6-21;1-5(2,3)4/h11-15,17-21H,16H2,1-10H3,(H,30,31);2*1,4,7-10,21H,2-3,5-6H2,(H3,15,17,18,19);(H2,1,2,3,4)/t;2*8-,10+;/m.11./s1. The Morgan fingerprint density at radius 3 is 1.38 bits per heavy atom. The molecule has 0 aliphatic heterocycles. The van der Waals surface area contributed by atoms with Crippen molar-refractivity contribution in [1.82, 2.24) is 43.8 Å². The number of aliphatic hydroxyl groups excluding tert-OH is 2. The first kappa shape index (κ1) is 62.8. The zero-order valence-electron chi connectivity index (χ0n) is 48.4. The lowest BCUT2D eigenvalue weighted by Gasteiger charge is -2.23. The van der Waals surface area contributed by atoms with Crippen LogP contribution in [0.15, 0.2) is 67.3 Å². The molecule has 0 unspecified atom stereocenters. The average Bonchev–Trinajstić information content (AvgIpc) is 4.29. The highest BCUT2D eigenvalue weighted by Gasteiger charge is 2.30. The van der Waals surface area contributed by atoms with E-state index in [-0.39, 0.29) is 79.1 Å². The number of hydrogen-bond donors (Lipinski definition) is 9. The second kappa shape index (κ2) is 26.6. The number of nitrogens with one attached hydrogen (secondary N) is 3. The number of nitrogens with zero attached hydrogens (tertiary/aromatic N) is 8. The maximum Gasteiger partial charge on any atom is 0.409 e. The molecule has 25 heteroatoms. The van der Waals surface area contributed by atoms with Gasteiger partial charge in [0.15, 0.2) is 39.7 Å². The summed E-state index contributed by atoms with van der Waals surface area (Å²) in [6.45, 7) is 21.0. The van der Waals surface area contributed by atoms with E-state index in [9.17, 15) is 23.4 Å². The summed E-state index contributed by atoms with van der Waals surface area (Å²) in [6.07, 6.45) is 18.2. The topological polar surface area (TPSA) is 351 Å². The monoisotopic (exact) mass is 1170 g/mol. The fraction of sp³-hybridized carbons (Fsp3) is 0.526. The lowest BCUT2D eigenvalue weighted by Crippen LogP contribution is -2.36. The third kappa shape index (κ3) is 16.7. The lowest BCUT2D eigenvalue weighted by atomic mass is 9.83. The maximum absolute atomic E-state index is 13.1. The largest absolute Gasteiger partial charge is 0.409 e. The molecule has 0 saturated heterocycles. The lowest BCUT2D eigenvalue weighted by molar-refractivity contribution is -0.118. The van der Waals surface area contributed by atoms with E-state index in [1.807, 2.05) is 67.2 Å². The summed E-state index contributed by atoms with van der Waals surface area (Å²) >= 11 is 0. The molecule has 2 saturated carbocycles. The number of para-hydroxylation sites is 1. The van der Waals surface area contributed by atoms with E-state index in [2.05, 4.69) is 111 Å². The van der Waals surface area contributed by atoms with Gasteiger partial charge >= 0.3 is 20.7 Å². The summed E-state index contributed by atoms with van der Waals surface area (Å²) in [5, 5.41) is 25.2. The van der Waals surface area contributed by atoms with Gasteiger partial charge in [-0.1, -0.05) is 124 Å². The molecule has 11 N–H and O–H groups in total. The fourth-order valence-electron chi connectivity index (χ4n) is 9.94. The first-order valence-electron chi connectivity index (χ1n) is 28.0. The van der Waals surface area contributed by atoms with Crippen LogP contribution in [0.4, 0.5) is 23.5 Å². The smallest absolute Gasteiger partial charge is 0.396 e. The SMILES string of the molecule is CC(C)c1cc(C(C)C)c(CC(=O)NS(=O)(=O)Oc2c(C(C)C)cccc2C(C)C)c(C(C)C)c1.Nc1nc(NC2CC2)c2ncn([C@H]3C=C[C@@H](CO)C3)c2n1.Nc1nc(NC2CC2)c2ncn([C@H]3C=C[C@@H](CO)C3)c2n1.O=S(=O)(O)O. The van der Waals surface area contributed by atoms with Gasteiger partial charge in [-0.05, 0) is 101 Å². The van der Waals surface area contributed by atoms with Gasteiger partial charge in [-0.2, -0.15) is 36.8 Å². The summed E-state index contributed by atoms with van der Waals surface area (Å²) < 4.78 is 69.3. The Kier molecular flexibility index (Phi) is 20.4. The number of aliphatic hydroxyl groups is 2. The van der Waals surface area contributed by atoms with Crippen molar-refractivity contribution < 1.29 is 45.1 Å². The summed E-state index contributed by atoms with van der Waals surface area (Å²) in [6, 6.07) is 11.2. The predicted octanol–water partition coefficient (Wildman–Crippen LogP) is 8.82.